The van der Waals surface area contributed by atoms with Crippen LogP contribution in [-0.2, 0) is 28.6 Å². The van der Waals surface area contributed by atoms with Crippen molar-refractivity contribution >= 4 is 17.9 Å². The van der Waals surface area contributed by atoms with Crippen LogP contribution in [0, 0.1) is 0 Å². The maximum Gasteiger partial charge on any atom is 0.306 e. The molecule has 0 N–H and O–H groups in total. The molecule has 0 aromatic carbocycles. The summed E-state index contributed by atoms with van der Waals surface area (Å²) in [7, 11) is 0. The van der Waals surface area contributed by atoms with Gasteiger partial charge in [-0.25, -0.2) is 0 Å². The highest BCUT2D eigenvalue weighted by Gasteiger charge is 2.19. The molecule has 0 aromatic rings. The molecule has 0 aliphatic rings. The van der Waals surface area contributed by atoms with Gasteiger partial charge in [-0.05, 0) is 19.3 Å². The summed E-state index contributed by atoms with van der Waals surface area (Å²) < 4.78 is 17.0. The van der Waals surface area contributed by atoms with Gasteiger partial charge >= 0.3 is 17.9 Å². The lowest BCUT2D eigenvalue weighted by Crippen LogP contribution is -2.30. The van der Waals surface area contributed by atoms with E-state index in [4.69, 9.17) is 14.2 Å². The molecule has 0 aliphatic carbocycles. The quantitative estimate of drug-likeness (QED) is 0.0343. The molecule has 0 aliphatic heterocycles. The van der Waals surface area contributed by atoms with Gasteiger partial charge in [0.05, 0.1) is 0 Å². The Morgan fingerprint density at radius 3 is 0.519 bits per heavy atom. The lowest BCUT2D eigenvalue weighted by atomic mass is 10.0. The van der Waals surface area contributed by atoms with Crippen molar-refractivity contribution in [2.75, 3.05) is 13.2 Å². The molecule has 458 valence electrons. The lowest BCUT2D eigenvalue weighted by molar-refractivity contribution is -0.167. The van der Waals surface area contributed by atoms with Gasteiger partial charge < -0.3 is 14.2 Å². The number of ether oxygens (including phenoxy) is 3. The zero-order valence-corrected chi connectivity index (χ0v) is 52.8. The van der Waals surface area contributed by atoms with Crippen LogP contribution in [-0.4, -0.2) is 37.2 Å². The molecule has 6 heteroatoms. The van der Waals surface area contributed by atoms with Crippen LogP contribution in [0.5, 0.6) is 0 Å². The minimum atomic E-state index is -0.762. The number of rotatable bonds is 67. The summed E-state index contributed by atoms with van der Waals surface area (Å²) in [6.45, 7) is 6.72. The van der Waals surface area contributed by atoms with Crippen molar-refractivity contribution < 1.29 is 28.6 Å². The zero-order chi connectivity index (χ0) is 55.7. The Labute approximate surface area is 482 Å². The van der Waals surface area contributed by atoms with Crippen LogP contribution in [0.4, 0.5) is 0 Å². The maximum absolute atomic E-state index is 12.9. The van der Waals surface area contributed by atoms with Crippen molar-refractivity contribution in [3.63, 3.8) is 0 Å². The second-order valence-electron chi connectivity index (χ2n) is 24.5. The fourth-order valence-corrected chi connectivity index (χ4v) is 11.3. The van der Waals surface area contributed by atoms with Crippen LogP contribution >= 0.6 is 0 Å². The molecule has 0 saturated carbocycles. The number of unbranched alkanes of at least 4 members (excludes halogenated alkanes) is 56. The molecular weight excluding hydrogens is 949 g/mol. The molecule has 6 nitrogen and oxygen atoms in total. The van der Waals surface area contributed by atoms with Gasteiger partial charge in [-0.3, -0.25) is 14.4 Å². The highest BCUT2D eigenvalue weighted by molar-refractivity contribution is 5.71. The van der Waals surface area contributed by atoms with Crippen molar-refractivity contribution in [2.45, 2.75) is 425 Å². The van der Waals surface area contributed by atoms with Crippen LogP contribution in [0.25, 0.3) is 0 Å². The molecular formula is C71H138O6. The Balaban J connectivity index is 4.07. The lowest BCUT2D eigenvalue weighted by Gasteiger charge is -2.18. The van der Waals surface area contributed by atoms with Gasteiger partial charge in [-0.2, -0.15) is 0 Å². The number of hydrogen-bond donors (Lipinski definition) is 0. The van der Waals surface area contributed by atoms with Gasteiger partial charge in [-0.15, -0.1) is 0 Å². The van der Waals surface area contributed by atoms with Crippen molar-refractivity contribution in [2.24, 2.45) is 0 Å². The van der Waals surface area contributed by atoms with E-state index < -0.39 is 6.10 Å². The second kappa shape index (κ2) is 66.9. The van der Waals surface area contributed by atoms with Crippen LogP contribution < -0.4 is 0 Å². The van der Waals surface area contributed by atoms with Gasteiger partial charge in [0, 0.05) is 19.3 Å². The number of hydrogen-bond acceptors (Lipinski definition) is 6. The Bertz CT molecular complexity index is 1160. The molecule has 0 aromatic heterocycles. The van der Waals surface area contributed by atoms with E-state index in [0.717, 1.165) is 57.8 Å². The van der Waals surface area contributed by atoms with Gasteiger partial charge in [-0.1, -0.05) is 380 Å². The molecule has 77 heavy (non-hydrogen) atoms. The van der Waals surface area contributed by atoms with Crippen LogP contribution in [0.3, 0.4) is 0 Å². The van der Waals surface area contributed by atoms with Crippen LogP contribution in [0.15, 0.2) is 0 Å². The maximum atomic E-state index is 12.9. The number of carbonyl (C=O) groups excluding carboxylic acids is 3. The van der Waals surface area contributed by atoms with Gasteiger partial charge in [0.25, 0.3) is 0 Å². The van der Waals surface area contributed by atoms with Gasteiger partial charge in [0.1, 0.15) is 13.2 Å². The van der Waals surface area contributed by atoms with E-state index in [1.807, 2.05) is 0 Å². The Hall–Kier alpha value is -1.59. The predicted octanol–water partition coefficient (Wildman–Crippen LogP) is 24.2. The smallest absolute Gasteiger partial charge is 0.306 e. The van der Waals surface area contributed by atoms with Crippen molar-refractivity contribution in [1.29, 1.82) is 0 Å². The third-order valence-corrected chi connectivity index (χ3v) is 16.6. The monoisotopic (exact) mass is 1090 g/mol. The SMILES string of the molecule is CCCCCCCCCCCCCCCCCCCCCCCCCCCC(=O)OCC(COC(=O)CCCCCCCCCCC)OC(=O)CCCCCCCCCCCCCCCCCCCCCCCCCCC. The summed E-state index contributed by atoms with van der Waals surface area (Å²) in [5.41, 5.74) is 0. The van der Waals surface area contributed by atoms with E-state index in [1.165, 1.54) is 321 Å². The fourth-order valence-electron chi connectivity index (χ4n) is 11.3. The standard InChI is InChI=1S/C71H138O6/c1-4-7-10-13-16-19-21-23-25-27-29-31-33-35-37-39-41-43-45-47-49-52-55-58-61-64-70(73)76-67-68(66-75-69(72)63-60-57-54-51-18-15-12-9-6-3)77-71(74)65-62-59-56-53-50-48-46-44-42-40-38-36-34-32-30-28-26-24-22-20-17-14-11-8-5-2/h68H,4-67H2,1-3H3. The molecule has 0 bridgehead atoms. The van der Waals surface area contributed by atoms with E-state index in [1.54, 1.807) is 0 Å². The third kappa shape index (κ3) is 65.1. The Kier molecular flexibility index (Phi) is 65.5. The van der Waals surface area contributed by atoms with Crippen molar-refractivity contribution in [1.82, 2.24) is 0 Å². The largest absolute Gasteiger partial charge is 0.462 e. The molecule has 0 saturated heterocycles. The first-order valence-electron chi connectivity index (χ1n) is 35.5. The average Bonchev–Trinajstić information content (AvgIpc) is 3.43. The van der Waals surface area contributed by atoms with Crippen molar-refractivity contribution in [3.05, 3.63) is 0 Å². The van der Waals surface area contributed by atoms with E-state index in [0.29, 0.717) is 19.3 Å². The average molecular weight is 1090 g/mol. The number of carbonyl (C=O) groups is 3. The van der Waals surface area contributed by atoms with Gasteiger partial charge in [0.2, 0.25) is 0 Å². The molecule has 0 radical (unpaired) electrons. The topological polar surface area (TPSA) is 78.9 Å². The Morgan fingerprint density at radius 2 is 0.351 bits per heavy atom. The molecule has 0 amide bonds. The Morgan fingerprint density at radius 1 is 0.208 bits per heavy atom. The first-order valence-corrected chi connectivity index (χ1v) is 35.5. The summed E-state index contributed by atoms with van der Waals surface area (Å²) in [6.07, 6.45) is 78.7. The molecule has 0 fully saturated rings. The fraction of sp³-hybridized carbons (Fsp3) is 0.958. The third-order valence-electron chi connectivity index (χ3n) is 16.6. The van der Waals surface area contributed by atoms with E-state index >= 15 is 0 Å². The van der Waals surface area contributed by atoms with E-state index in [9.17, 15) is 14.4 Å². The normalized spacial score (nSPS) is 11.9. The second-order valence-corrected chi connectivity index (χ2v) is 24.5. The van der Waals surface area contributed by atoms with Crippen molar-refractivity contribution in [3.8, 4) is 0 Å². The van der Waals surface area contributed by atoms with Crippen LogP contribution in [0.1, 0.15) is 419 Å². The summed E-state index contributed by atoms with van der Waals surface area (Å²) in [4.78, 5) is 38.3. The highest BCUT2D eigenvalue weighted by atomic mass is 16.6. The summed E-state index contributed by atoms with van der Waals surface area (Å²) >= 11 is 0. The zero-order valence-electron chi connectivity index (χ0n) is 52.8. The summed E-state index contributed by atoms with van der Waals surface area (Å²) in [5.74, 6) is -0.826. The summed E-state index contributed by atoms with van der Waals surface area (Å²) in [5, 5.41) is 0. The van der Waals surface area contributed by atoms with E-state index in [2.05, 4.69) is 20.8 Å². The minimum Gasteiger partial charge on any atom is -0.462 e. The number of esters is 3. The van der Waals surface area contributed by atoms with Crippen LogP contribution in [0.2, 0.25) is 0 Å². The first kappa shape index (κ1) is 75.4. The molecule has 0 spiro atoms. The van der Waals surface area contributed by atoms with E-state index in [-0.39, 0.29) is 31.1 Å². The van der Waals surface area contributed by atoms with Gasteiger partial charge in [0.15, 0.2) is 6.10 Å². The molecule has 1 atom stereocenters. The predicted molar refractivity (Wildman–Crippen MR) is 335 cm³/mol. The minimum absolute atomic E-state index is 0.0607. The molecule has 0 heterocycles. The summed E-state index contributed by atoms with van der Waals surface area (Å²) in [6, 6.07) is 0. The highest BCUT2D eigenvalue weighted by Crippen LogP contribution is 2.20. The molecule has 1 unspecified atom stereocenters. The first-order chi connectivity index (χ1) is 38.0. The molecule has 0 rings (SSSR count).